The van der Waals surface area contributed by atoms with Gasteiger partial charge < -0.3 is 9.64 Å². The molecule has 1 heterocycles. The fourth-order valence-corrected chi connectivity index (χ4v) is 1.89. The topological polar surface area (TPSA) is 53.3 Å². The van der Waals surface area contributed by atoms with Crippen LogP contribution in [0.1, 0.15) is 25.3 Å². The third kappa shape index (κ3) is 2.80. The van der Waals surface area contributed by atoms with Gasteiger partial charge in [-0.15, -0.1) is 0 Å². The van der Waals surface area contributed by atoms with Crippen molar-refractivity contribution in [3.63, 3.8) is 0 Å². The van der Waals surface area contributed by atoms with Crippen LogP contribution in [0, 0.1) is 11.3 Å². The summed E-state index contributed by atoms with van der Waals surface area (Å²) < 4.78 is 5.71. The minimum atomic E-state index is 0.0822. The maximum atomic E-state index is 11.5. The molecule has 0 saturated carbocycles. The number of rotatable bonds is 4. The van der Waals surface area contributed by atoms with Crippen LogP contribution in [0.3, 0.4) is 0 Å². The molecule has 0 bridgehead atoms. The third-order valence-electron chi connectivity index (χ3n) is 2.95. The lowest BCUT2D eigenvalue weighted by atomic mass is 10.1. The average Bonchev–Trinajstić information content (AvgIpc) is 2.34. The first-order chi connectivity index (χ1) is 8.72. The molecular formula is C14H16N2O2. The van der Waals surface area contributed by atoms with Gasteiger partial charge in [0.2, 0.25) is 5.91 Å². The zero-order chi connectivity index (χ0) is 13.0. The lowest BCUT2D eigenvalue weighted by molar-refractivity contribution is -0.140. The second-order valence-corrected chi connectivity index (χ2v) is 4.42. The van der Waals surface area contributed by atoms with Crippen LogP contribution in [-0.4, -0.2) is 30.0 Å². The molecule has 1 aliphatic rings. The summed E-state index contributed by atoms with van der Waals surface area (Å²) in [5.41, 5.74) is 0.621. The predicted octanol–water partition coefficient (Wildman–Crippen LogP) is 1.95. The standard InChI is InChI=1S/C14H16N2O2/c1-2-3-14(17)16-9-13(10-16)18-12-6-4-11(8-15)5-7-12/h4-7,13H,2-3,9-10H2,1H3. The van der Waals surface area contributed by atoms with Crippen molar-refractivity contribution in [2.24, 2.45) is 0 Å². The number of ether oxygens (including phenoxy) is 1. The van der Waals surface area contributed by atoms with Crippen molar-refractivity contribution >= 4 is 5.91 Å². The third-order valence-corrected chi connectivity index (χ3v) is 2.95. The number of hydrogen-bond acceptors (Lipinski definition) is 3. The highest BCUT2D eigenvalue weighted by molar-refractivity contribution is 5.77. The summed E-state index contributed by atoms with van der Waals surface area (Å²) in [7, 11) is 0. The van der Waals surface area contributed by atoms with Crippen LogP contribution in [-0.2, 0) is 4.79 Å². The Bertz CT molecular complexity index is 456. The van der Waals surface area contributed by atoms with Gasteiger partial charge in [0, 0.05) is 6.42 Å². The van der Waals surface area contributed by atoms with Crippen molar-refractivity contribution in [1.29, 1.82) is 5.26 Å². The van der Waals surface area contributed by atoms with Gasteiger partial charge in [-0.1, -0.05) is 6.92 Å². The van der Waals surface area contributed by atoms with Gasteiger partial charge in [0.15, 0.2) is 0 Å². The van der Waals surface area contributed by atoms with Gasteiger partial charge in [-0.05, 0) is 30.7 Å². The molecule has 1 amide bonds. The Morgan fingerprint density at radius 3 is 2.67 bits per heavy atom. The van der Waals surface area contributed by atoms with Gasteiger partial charge in [0.05, 0.1) is 24.7 Å². The normalized spacial score (nSPS) is 14.8. The number of nitriles is 1. The Morgan fingerprint density at radius 2 is 2.11 bits per heavy atom. The highest BCUT2D eigenvalue weighted by Crippen LogP contribution is 2.19. The van der Waals surface area contributed by atoms with Crippen LogP contribution in [0.5, 0.6) is 5.75 Å². The van der Waals surface area contributed by atoms with E-state index in [0.29, 0.717) is 25.1 Å². The minimum absolute atomic E-state index is 0.0822. The molecule has 1 fully saturated rings. The predicted molar refractivity (Wildman–Crippen MR) is 67.1 cm³/mol. The molecule has 4 nitrogen and oxygen atoms in total. The first-order valence-corrected chi connectivity index (χ1v) is 6.17. The van der Waals surface area contributed by atoms with Gasteiger partial charge in [0.1, 0.15) is 11.9 Å². The largest absolute Gasteiger partial charge is 0.487 e. The summed E-state index contributed by atoms with van der Waals surface area (Å²) in [6.07, 6.45) is 1.58. The molecule has 94 valence electrons. The SMILES string of the molecule is CCCC(=O)N1CC(Oc2ccc(C#N)cc2)C1. The van der Waals surface area contributed by atoms with Gasteiger partial charge in [-0.3, -0.25) is 4.79 Å². The summed E-state index contributed by atoms with van der Waals surface area (Å²) in [5, 5.41) is 8.68. The Morgan fingerprint density at radius 1 is 1.44 bits per heavy atom. The van der Waals surface area contributed by atoms with Crippen LogP contribution >= 0.6 is 0 Å². The van der Waals surface area contributed by atoms with E-state index < -0.39 is 0 Å². The molecule has 0 atom stereocenters. The zero-order valence-electron chi connectivity index (χ0n) is 10.4. The van der Waals surface area contributed by atoms with Gasteiger partial charge in [-0.25, -0.2) is 0 Å². The maximum absolute atomic E-state index is 11.5. The Balaban J connectivity index is 1.79. The Labute approximate surface area is 107 Å². The van der Waals surface area contributed by atoms with E-state index in [-0.39, 0.29) is 12.0 Å². The van der Waals surface area contributed by atoms with E-state index >= 15 is 0 Å². The van der Waals surface area contributed by atoms with Gasteiger partial charge in [-0.2, -0.15) is 5.26 Å². The maximum Gasteiger partial charge on any atom is 0.222 e. The molecule has 4 heteroatoms. The summed E-state index contributed by atoms with van der Waals surface area (Å²) in [5.74, 6) is 0.957. The van der Waals surface area contributed by atoms with Crippen molar-refractivity contribution in [2.45, 2.75) is 25.9 Å². The van der Waals surface area contributed by atoms with Crippen LogP contribution in [0.25, 0.3) is 0 Å². The van der Waals surface area contributed by atoms with Crippen molar-refractivity contribution in [2.75, 3.05) is 13.1 Å². The summed E-state index contributed by atoms with van der Waals surface area (Å²) in [6, 6.07) is 9.10. The molecule has 0 aromatic heterocycles. The number of likely N-dealkylation sites (tertiary alicyclic amines) is 1. The quantitative estimate of drug-likeness (QED) is 0.813. The van der Waals surface area contributed by atoms with E-state index in [9.17, 15) is 4.79 Å². The molecule has 2 rings (SSSR count). The van der Waals surface area contributed by atoms with E-state index in [2.05, 4.69) is 6.07 Å². The first-order valence-electron chi connectivity index (χ1n) is 6.17. The summed E-state index contributed by atoms with van der Waals surface area (Å²) >= 11 is 0. The highest BCUT2D eigenvalue weighted by atomic mass is 16.5. The van der Waals surface area contributed by atoms with Crippen LogP contribution in [0.15, 0.2) is 24.3 Å². The molecule has 1 aliphatic heterocycles. The molecule has 0 unspecified atom stereocenters. The van der Waals surface area contributed by atoms with E-state index in [1.807, 2.05) is 11.8 Å². The second-order valence-electron chi connectivity index (χ2n) is 4.42. The molecular weight excluding hydrogens is 228 g/mol. The van der Waals surface area contributed by atoms with Crippen molar-refractivity contribution in [1.82, 2.24) is 4.90 Å². The number of benzene rings is 1. The van der Waals surface area contributed by atoms with Crippen LogP contribution in [0.4, 0.5) is 0 Å². The van der Waals surface area contributed by atoms with Gasteiger partial charge in [0.25, 0.3) is 0 Å². The molecule has 1 saturated heterocycles. The van der Waals surface area contributed by atoms with Crippen LogP contribution < -0.4 is 4.74 Å². The number of nitrogens with zero attached hydrogens (tertiary/aromatic N) is 2. The molecule has 1 aromatic carbocycles. The van der Waals surface area contributed by atoms with E-state index in [4.69, 9.17) is 10.00 Å². The minimum Gasteiger partial charge on any atom is -0.487 e. The fourth-order valence-electron chi connectivity index (χ4n) is 1.89. The summed E-state index contributed by atoms with van der Waals surface area (Å²) in [4.78, 5) is 13.4. The monoisotopic (exact) mass is 244 g/mol. The van der Waals surface area contributed by atoms with E-state index in [0.717, 1.165) is 12.2 Å². The average molecular weight is 244 g/mol. The molecule has 18 heavy (non-hydrogen) atoms. The smallest absolute Gasteiger partial charge is 0.222 e. The summed E-state index contributed by atoms with van der Waals surface area (Å²) in [6.45, 7) is 3.33. The number of amides is 1. The fraction of sp³-hybridized carbons (Fsp3) is 0.429. The zero-order valence-corrected chi connectivity index (χ0v) is 10.4. The van der Waals surface area contributed by atoms with E-state index in [1.165, 1.54) is 0 Å². The Kier molecular flexibility index (Phi) is 3.83. The Hall–Kier alpha value is -2.02. The van der Waals surface area contributed by atoms with Gasteiger partial charge >= 0.3 is 0 Å². The lowest BCUT2D eigenvalue weighted by Crippen LogP contribution is -2.56. The molecule has 1 aromatic rings. The molecule has 0 radical (unpaired) electrons. The van der Waals surface area contributed by atoms with Crippen molar-refractivity contribution in [3.8, 4) is 11.8 Å². The molecule has 0 spiro atoms. The van der Waals surface area contributed by atoms with Crippen molar-refractivity contribution < 1.29 is 9.53 Å². The lowest BCUT2D eigenvalue weighted by Gasteiger charge is -2.39. The molecule has 0 N–H and O–H groups in total. The molecule has 0 aliphatic carbocycles. The van der Waals surface area contributed by atoms with Crippen LogP contribution in [0.2, 0.25) is 0 Å². The van der Waals surface area contributed by atoms with Crippen molar-refractivity contribution in [3.05, 3.63) is 29.8 Å². The first kappa shape index (κ1) is 12.4. The number of hydrogen-bond donors (Lipinski definition) is 0. The van der Waals surface area contributed by atoms with E-state index in [1.54, 1.807) is 24.3 Å². The second kappa shape index (κ2) is 5.54. The number of carbonyl (C=O) groups excluding carboxylic acids is 1. The number of carbonyl (C=O) groups is 1. The highest BCUT2D eigenvalue weighted by Gasteiger charge is 2.31.